The van der Waals surface area contributed by atoms with E-state index in [9.17, 15) is 0 Å². The van der Waals surface area contributed by atoms with Gasteiger partial charge in [-0.2, -0.15) is 0 Å². The highest BCUT2D eigenvalue weighted by Crippen LogP contribution is 2.11. The summed E-state index contributed by atoms with van der Waals surface area (Å²) < 4.78 is 0. The first kappa shape index (κ1) is 14.9. The van der Waals surface area contributed by atoms with Crippen molar-refractivity contribution >= 4 is 6.21 Å². The zero-order valence-electron chi connectivity index (χ0n) is 11.1. The molecule has 4 N–H and O–H groups in total. The Kier molecular flexibility index (Phi) is 8.10. The van der Waals surface area contributed by atoms with Crippen molar-refractivity contribution in [2.75, 3.05) is 13.1 Å². The lowest BCUT2D eigenvalue weighted by Crippen LogP contribution is -2.10. The molecule has 0 saturated heterocycles. The molecule has 1 unspecified atom stereocenters. The molecule has 0 bridgehead atoms. The average Bonchev–Trinajstić information content (AvgIpc) is 2.42. The van der Waals surface area contributed by atoms with Crippen molar-refractivity contribution in [3.8, 4) is 0 Å². The van der Waals surface area contributed by atoms with Crippen molar-refractivity contribution < 1.29 is 0 Å². The molecule has 100 valence electrons. The Bertz CT molecular complexity index is 322. The predicted molar refractivity (Wildman–Crippen MR) is 78.9 cm³/mol. The van der Waals surface area contributed by atoms with Crippen molar-refractivity contribution in [3.05, 3.63) is 35.9 Å². The first-order valence-electron chi connectivity index (χ1n) is 6.83. The van der Waals surface area contributed by atoms with Crippen molar-refractivity contribution in [1.29, 1.82) is 0 Å². The lowest BCUT2D eigenvalue weighted by molar-refractivity contribution is 0.653. The second kappa shape index (κ2) is 9.80. The maximum atomic E-state index is 6.07. The second-order valence-corrected chi connectivity index (χ2v) is 4.54. The van der Waals surface area contributed by atoms with Crippen LogP contribution in [0.5, 0.6) is 0 Å². The topological polar surface area (TPSA) is 64.4 Å². The molecule has 0 fully saturated rings. The maximum absolute atomic E-state index is 6.07. The molecule has 3 heteroatoms. The number of benzene rings is 1. The van der Waals surface area contributed by atoms with Gasteiger partial charge in [0.05, 0.1) is 0 Å². The van der Waals surface area contributed by atoms with Gasteiger partial charge in [-0.25, -0.2) is 0 Å². The van der Waals surface area contributed by atoms with Crippen molar-refractivity contribution in [1.82, 2.24) is 0 Å². The lowest BCUT2D eigenvalue weighted by Gasteiger charge is -2.08. The minimum Gasteiger partial charge on any atom is -0.330 e. The molecule has 0 radical (unpaired) electrons. The number of nitrogens with two attached hydrogens (primary N) is 2. The van der Waals surface area contributed by atoms with E-state index in [0.717, 1.165) is 32.4 Å². The highest BCUT2D eigenvalue weighted by Gasteiger charge is 2.01. The molecule has 0 spiro atoms. The van der Waals surface area contributed by atoms with Gasteiger partial charge in [0.1, 0.15) is 0 Å². The van der Waals surface area contributed by atoms with E-state index in [-0.39, 0.29) is 6.04 Å². The first-order valence-corrected chi connectivity index (χ1v) is 6.83. The van der Waals surface area contributed by atoms with E-state index in [1.54, 1.807) is 0 Å². The third kappa shape index (κ3) is 6.52. The molecule has 18 heavy (non-hydrogen) atoms. The van der Waals surface area contributed by atoms with E-state index in [0.29, 0.717) is 0 Å². The number of hydrogen-bond donors (Lipinski definition) is 2. The second-order valence-electron chi connectivity index (χ2n) is 4.54. The van der Waals surface area contributed by atoms with Crippen LogP contribution >= 0.6 is 0 Å². The fraction of sp³-hybridized carbons (Fsp3) is 0.533. The van der Waals surface area contributed by atoms with Crippen LogP contribution in [0.4, 0.5) is 0 Å². The highest BCUT2D eigenvalue weighted by molar-refractivity contribution is 5.58. The Morgan fingerprint density at radius 3 is 2.50 bits per heavy atom. The van der Waals surface area contributed by atoms with Gasteiger partial charge < -0.3 is 11.5 Å². The normalized spacial score (nSPS) is 13.0. The van der Waals surface area contributed by atoms with Crippen LogP contribution in [-0.4, -0.2) is 19.3 Å². The average molecular weight is 247 g/mol. The van der Waals surface area contributed by atoms with Crippen molar-refractivity contribution in [2.24, 2.45) is 16.5 Å². The van der Waals surface area contributed by atoms with Gasteiger partial charge in [-0.1, -0.05) is 43.2 Å². The molecule has 1 aromatic rings. The summed E-state index contributed by atoms with van der Waals surface area (Å²) in [6.07, 6.45) is 7.49. The summed E-state index contributed by atoms with van der Waals surface area (Å²) in [5.41, 5.74) is 12.7. The largest absolute Gasteiger partial charge is 0.330 e. The Hall–Kier alpha value is -1.19. The summed E-state index contributed by atoms with van der Waals surface area (Å²) in [7, 11) is 0. The molecule has 1 aromatic carbocycles. The monoisotopic (exact) mass is 247 g/mol. The van der Waals surface area contributed by atoms with Crippen molar-refractivity contribution in [3.63, 3.8) is 0 Å². The van der Waals surface area contributed by atoms with E-state index in [1.807, 2.05) is 24.4 Å². The summed E-state index contributed by atoms with van der Waals surface area (Å²) >= 11 is 0. The van der Waals surface area contributed by atoms with Crippen LogP contribution in [0.15, 0.2) is 35.3 Å². The fourth-order valence-corrected chi connectivity index (χ4v) is 1.82. The van der Waals surface area contributed by atoms with Gasteiger partial charge in [-0.15, -0.1) is 0 Å². The Labute approximate surface area is 110 Å². The molecule has 3 nitrogen and oxygen atoms in total. The van der Waals surface area contributed by atoms with Gasteiger partial charge in [0.25, 0.3) is 0 Å². The Morgan fingerprint density at radius 2 is 1.78 bits per heavy atom. The number of aliphatic imine (C=N–C) groups is 1. The van der Waals surface area contributed by atoms with E-state index in [4.69, 9.17) is 11.5 Å². The van der Waals surface area contributed by atoms with Crippen LogP contribution in [0, 0.1) is 0 Å². The standard InChI is InChI=1S/C15H25N3/c16-11-6-1-2-7-12-18-13-10-15(17)14-8-4-3-5-9-14/h3-5,8-9,13,15H,1-2,6-7,10-12,16-17H2. The molecule has 0 aliphatic carbocycles. The third-order valence-corrected chi connectivity index (χ3v) is 2.96. The predicted octanol–water partition coefficient (Wildman–Crippen LogP) is 2.67. The Morgan fingerprint density at radius 1 is 1.06 bits per heavy atom. The van der Waals surface area contributed by atoms with Gasteiger partial charge in [0, 0.05) is 25.2 Å². The number of nitrogens with zero attached hydrogens (tertiary/aromatic N) is 1. The van der Waals surface area contributed by atoms with Crippen LogP contribution < -0.4 is 11.5 Å². The van der Waals surface area contributed by atoms with Gasteiger partial charge in [0.2, 0.25) is 0 Å². The molecule has 0 saturated carbocycles. The molecular formula is C15H25N3. The molecule has 1 rings (SSSR count). The number of hydrogen-bond acceptors (Lipinski definition) is 3. The van der Waals surface area contributed by atoms with Crippen LogP contribution in [0.2, 0.25) is 0 Å². The van der Waals surface area contributed by atoms with E-state index >= 15 is 0 Å². The third-order valence-electron chi connectivity index (χ3n) is 2.96. The smallest absolute Gasteiger partial charge is 0.0385 e. The maximum Gasteiger partial charge on any atom is 0.0385 e. The van der Waals surface area contributed by atoms with Crippen molar-refractivity contribution in [2.45, 2.75) is 38.1 Å². The zero-order chi connectivity index (χ0) is 13.1. The van der Waals surface area contributed by atoms with Gasteiger partial charge in [0.15, 0.2) is 0 Å². The minimum absolute atomic E-state index is 0.0622. The summed E-state index contributed by atoms with van der Waals surface area (Å²) in [6.45, 7) is 1.71. The van der Waals surface area contributed by atoms with Crippen LogP contribution in [0.25, 0.3) is 0 Å². The zero-order valence-corrected chi connectivity index (χ0v) is 11.1. The van der Waals surface area contributed by atoms with Crippen LogP contribution in [0.3, 0.4) is 0 Å². The highest BCUT2D eigenvalue weighted by atomic mass is 14.7. The summed E-state index contributed by atoms with van der Waals surface area (Å²) in [5, 5.41) is 0. The van der Waals surface area contributed by atoms with Gasteiger partial charge >= 0.3 is 0 Å². The SMILES string of the molecule is NCCCCCCN=CCC(N)c1ccccc1. The molecule has 0 aliphatic heterocycles. The van der Waals surface area contributed by atoms with Gasteiger partial charge in [-0.3, -0.25) is 4.99 Å². The molecule has 0 heterocycles. The van der Waals surface area contributed by atoms with E-state index in [2.05, 4.69) is 17.1 Å². The van der Waals surface area contributed by atoms with Gasteiger partial charge in [-0.05, 0) is 24.9 Å². The fourth-order valence-electron chi connectivity index (χ4n) is 1.82. The molecule has 0 aliphatic rings. The number of rotatable bonds is 9. The quantitative estimate of drug-likeness (QED) is 0.520. The minimum atomic E-state index is 0.0622. The lowest BCUT2D eigenvalue weighted by atomic mass is 10.1. The summed E-state index contributed by atoms with van der Waals surface area (Å²) in [4.78, 5) is 4.40. The molecule has 0 amide bonds. The molecule has 0 aromatic heterocycles. The van der Waals surface area contributed by atoms with E-state index in [1.165, 1.54) is 18.4 Å². The van der Waals surface area contributed by atoms with Crippen LogP contribution in [0.1, 0.15) is 43.7 Å². The number of unbranched alkanes of at least 4 members (excludes halogenated alkanes) is 3. The molecule has 1 atom stereocenters. The first-order chi connectivity index (χ1) is 8.84. The van der Waals surface area contributed by atoms with Crippen LogP contribution in [-0.2, 0) is 0 Å². The van der Waals surface area contributed by atoms with E-state index < -0.39 is 0 Å². The molecular weight excluding hydrogens is 222 g/mol. The summed E-state index contributed by atoms with van der Waals surface area (Å²) in [6, 6.07) is 10.2. The summed E-state index contributed by atoms with van der Waals surface area (Å²) in [5.74, 6) is 0. The Balaban J connectivity index is 2.09.